The fraction of sp³-hybridized carbons (Fsp3) is 0.923. The van der Waals surface area contributed by atoms with Crippen molar-refractivity contribution in [2.45, 2.75) is 96.9 Å². The third kappa shape index (κ3) is 4.34. The summed E-state index contributed by atoms with van der Waals surface area (Å²) in [6.07, 6.45) is 6.44. The lowest BCUT2D eigenvalue weighted by atomic mass is 9.43. The third-order valence-electron chi connectivity index (χ3n) is 10.7. The average molecular weight is 466 g/mol. The highest BCUT2D eigenvalue weighted by Crippen LogP contribution is 2.68. The Morgan fingerprint density at radius 2 is 1.67 bits per heavy atom. The summed E-state index contributed by atoms with van der Waals surface area (Å²) < 4.78 is 0. The van der Waals surface area contributed by atoms with Gasteiger partial charge in [-0.2, -0.15) is 0 Å². The summed E-state index contributed by atoms with van der Waals surface area (Å²) in [4.78, 5) is 22.8. The van der Waals surface area contributed by atoms with Crippen molar-refractivity contribution in [2.24, 2.45) is 46.3 Å². The maximum atomic E-state index is 12.1. The van der Waals surface area contributed by atoms with Gasteiger partial charge in [0.1, 0.15) is 12.6 Å². The van der Waals surface area contributed by atoms with Crippen molar-refractivity contribution in [3.8, 4) is 0 Å². The van der Waals surface area contributed by atoms with Crippen LogP contribution in [0.3, 0.4) is 0 Å². The number of carboxylic acids is 1. The van der Waals surface area contributed by atoms with Gasteiger partial charge >= 0.3 is 5.97 Å². The normalized spacial score (nSPS) is 46.4. The topological polar surface area (TPSA) is 127 Å². The molecule has 1 amide bonds. The lowest BCUT2D eigenvalue weighted by molar-refractivity contribution is -0.174. The first-order valence-electron chi connectivity index (χ1n) is 13.0. The van der Waals surface area contributed by atoms with Gasteiger partial charge in [-0.3, -0.25) is 9.59 Å². The van der Waals surface area contributed by atoms with Crippen molar-refractivity contribution in [2.75, 3.05) is 6.54 Å². The van der Waals surface area contributed by atoms with Crippen LogP contribution in [-0.4, -0.2) is 57.2 Å². The molecule has 0 aromatic rings. The number of carbonyl (C=O) groups excluding carboxylic acids is 1. The molecule has 0 aliphatic heterocycles. The fourth-order valence-electron chi connectivity index (χ4n) is 9.08. The van der Waals surface area contributed by atoms with Crippen molar-refractivity contribution in [3.63, 3.8) is 0 Å². The summed E-state index contributed by atoms with van der Waals surface area (Å²) in [5.74, 6) is 0.403. The summed E-state index contributed by atoms with van der Waals surface area (Å²) in [5.41, 5.74) is 0.281. The minimum atomic E-state index is -1.20. The van der Waals surface area contributed by atoms with E-state index < -0.39 is 24.5 Å². The molecule has 4 rings (SSSR count). The van der Waals surface area contributed by atoms with Gasteiger partial charge in [0, 0.05) is 0 Å². The molecule has 0 spiro atoms. The summed E-state index contributed by atoms with van der Waals surface area (Å²) in [7, 11) is 0. The summed E-state index contributed by atoms with van der Waals surface area (Å²) in [6.45, 7) is 6.40. The number of aliphatic hydroxyl groups excluding tert-OH is 3. The molecule has 5 N–H and O–H groups in total. The van der Waals surface area contributed by atoms with Crippen LogP contribution < -0.4 is 5.32 Å². The minimum absolute atomic E-state index is 0.0796. The quantitative estimate of drug-likeness (QED) is 0.410. The highest BCUT2D eigenvalue weighted by atomic mass is 16.4. The van der Waals surface area contributed by atoms with E-state index in [0.29, 0.717) is 36.0 Å². The van der Waals surface area contributed by atoms with Crippen LogP contribution in [-0.2, 0) is 9.59 Å². The summed E-state index contributed by atoms with van der Waals surface area (Å²) >= 11 is 0. The molecule has 0 saturated heterocycles. The lowest BCUT2D eigenvalue weighted by Crippen LogP contribution is -2.58. The molecule has 0 aromatic heterocycles. The molecule has 4 aliphatic carbocycles. The van der Waals surface area contributed by atoms with Crippen LogP contribution in [0.5, 0.6) is 0 Å². The van der Waals surface area contributed by atoms with E-state index in [1.807, 2.05) is 0 Å². The molecule has 7 heteroatoms. The number of aliphatic hydroxyl groups is 3. The predicted molar refractivity (Wildman–Crippen MR) is 123 cm³/mol. The zero-order valence-electron chi connectivity index (χ0n) is 20.4. The van der Waals surface area contributed by atoms with Gasteiger partial charge in [-0.25, -0.2) is 0 Å². The Morgan fingerprint density at radius 1 is 1.00 bits per heavy atom. The Labute approximate surface area is 197 Å². The SMILES string of the molecule is C[C@H](CC(O)C(=O)NCC(=O)O)[C@H]1CCC2C3C(CC[C@@]21C)[C@@]1(C)CC[C@@H](O)CC1C[C@H]3O. The van der Waals surface area contributed by atoms with Crippen LogP contribution >= 0.6 is 0 Å². The number of hydrogen-bond donors (Lipinski definition) is 5. The summed E-state index contributed by atoms with van der Waals surface area (Å²) in [6, 6.07) is 0. The van der Waals surface area contributed by atoms with Gasteiger partial charge in [-0.05, 0) is 104 Å². The molecule has 188 valence electrons. The second-order valence-electron chi connectivity index (χ2n) is 12.3. The van der Waals surface area contributed by atoms with Crippen LogP contribution in [0.1, 0.15) is 78.6 Å². The monoisotopic (exact) mass is 465 g/mol. The average Bonchev–Trinajstić information content (AvgIpc) is 3.10. The molecule has 4 aliphatic rings. The Hall–Kier alpha value is -1.18. The number of fused-ring (bicyclic) bond motifs is 5. The molecule has 0 bridgehead atoms. The first kappa shape index (κ1) is 24.9. The van der Waals surface area contributed by atoms with Crippen LogP contribution in [0.4, 0.5) is 0 Å². The number of aliphatic carboxylic acids is 1. The van der Waals surface area contributed by atoms with Crippen molar-refractivity contribution >= 4 is 11.9 Å². The Bertz CT molecular complexity index is 759. The van der Waals surface area contributed by atoms with E-state index >= 15 is 0 Å². The second-order valence-corrected chi connectivity index (χ2v) is 12.3. The number of amides is 1. The first-order chi connectivity index (χ1) is 15.5. The molecule has 0 heterocycles. The van der Waals surface area contributed by atoms with Gasteiger partial charge in [0.25, 0.3) is 0 Å². The van der Waals surface area contributed by atoms with E-state index in [1.165, 1.54) is 0 Å². The van der Waals surface area contributed by atoms with Gasteiger partial charge in [0.15, 0.2) is 0 Å². The second kappa shape index (κ2) is 9.12. The number of rotatable bonds is 6. The number of nitrogens with one attached hydrogen (secondary N) is 1. The molecular formula is C26H43NO6. The van der Waals surface area contributed by atoms with Gasteiger partial charge in [-0.15, -0.1) is 0 Å². The number of hydrogen-bond acceptors (Lipinski definition) is 5. The van der Waals surface area contributed by atoms with E-state index in [2.05, 4.69) is 26.1 Å². The predicted octanol–water partition coefficient (Wildman–Crippen LogP) is 2.56. The highest BCUT2D eigenvalue weighted by Gasteiger charge is 2.62. The lowest BCUT2D eigenvalue weighted by Gasteiger charge is -2.62. The van der Waals surface area contributed by atoms with Gasteiger partial charge in [-0.1, -0.05) is 20.8 Å². The van der Waals surface area contributed by atoms with E-state index in [1.54, 1.807) is 0 Å². The Kier molecular flexibility index (Phi) is 6.89. The molecule has 0 radical (unpaired) electrons. The smallest absolute Gasteiger partial charge is 0.322 e. The summed E-state index contributed by atoms with van der Waals surface area (Å²) in [5, 5.41) is 43.0. The van der Waals surface area contributed by atoms with Crippen LogP contribution in [0.25, 0.3) is 0 Å². The van der Waals surface area contributed by atoms with E-state index in [-0.39, 0.29) is 29.0 Å². The molecule has 7 nitrogen and oxygen atoms in total. The zero-order chi connectivity index (χ0) is 24.1. The molecule has 4 saturated carbocycles. The molecule has 11 atom stereocenters. The van der Waals surface area contributed by atoms with Crippen molar-refractivity contribution < 1.29 is 30.0 Å². The maximum Gasteiger partial charge on any atom is 0.322 e. The van der Waals surface area contributed by atoms with Crippen molar-refractivity contribution in [1.29, 1.82) is 0 Å². The number of carbonyl (C=O) groups is 2. The Balaban J connectivity index is 1.46. The molecule has 0 aromatic carbocycles. The maximum absolute atomic E-state index is 12.1. The molecule has 5 unspecified atom stereocenters. The molecule has 33 heavy (non-hydrogen) atoms. The van der Waals surface area contributed by atoms with E-state index in [4.69, 9.17) is 5.11 Å². The molecular weight excluding hydrogens is 422 g/mol. The first-order valence-corrected chi connectivity index (χ1v) is 13.0. The standard InChI is InChI=1S/C26H43NO6/c1-14(10-21(30)24(33)27-13-22(31)32)17-4-5-18-23-19(7-9-26(17,18)3)25(2)8-6-16(28)11-15(25)12-20(23)29/h14-21,23,28-30H,4-13H2,1-3H3,(H,27,33)(H,31,32)/t14-,15?,16-,17-,18?,19?,20-,21?,23?,25+,26-/m1/s1. The van der Waals surface area contributed by atoms with E-state index in [0.717, 1.165) is 51.4 Å². The largest absolute Gasteiger partial charge is 0.480 e. The highest BCUT2D eigenvalue weighted by molar-refractivity contribution is 5.84. The van der Waals surface area contributed by atoms with Crippen LogP contribution in [0.15, 0.2) is 0 Å². The van der Waals surface area contributed by atoms with Gasteiger partial charge < -0.3 is 25.7 Å². The van der Waals surface area contributed by atoms with Crippen molar-refractivity contribution in [3.05, 3.63) is 0 Å². The Morgan fingerprint density at radius 3 is 2.36 bits per heavy atom. The molecule has 4 fully saturated rings. The van der Waals surface area contributed by atoms with Crippen molar-refractivity contribution in [1.82, 2.24) is 5.32 Å². The third-order valence-corrected chi connectivity index (χ3v) is 10.7. The number of carboxylic acid groups (broad SMARTS) is 1. The zero-order valence-corrected chi connectivity index (χ0v) is 20.4. The van der Waals surface area contributed by atoms with Crippen LogP contribution in [0, 0.1) is 46.3 Å². The van der Waals surface area contributed by atoms with Gasteiger partial charge in [0.05, 0.1) is 12.2 Å². The fourth-order valence-corrected chi connectivity index (χ4v) is 9.08. The van der Waals surface area contributed by atoms with Crippen LogP contribution in [0.2, 0.25) is 0 Å². The minimum Gasteiger partial charge on any atom is -0.480 e. The van der Waals surface area contributed by atoms with E-state index in [9.17, 15) is 24.9 Å². The van der Waals surface area contributed by atoms with Gasteiger partial charge in [0.2, 0.25) is 5.91 Å².